The lowest BCUT2D eigenvalue weighted by molar-refractivity contribution is 0.552. The highest BCUT2D eigenvalue weighted by Crippen LogP contribution is 2.14. The summed E-state index contributed by atoms with van der Waals surface area (Å²) in [6.07, 6.45) is 0. The van der Waals surface area contributed by atoms with Crippen molar-refractivity contribution in [2.24, 2.45) is 5.73 Å². The fraction of sp³-hybridized carbons (Fsp3) is 0.400. The molecule has 0 aliphatic heterocycles. The number of nitrogens with two attached hydrogens (primary N) is 1. The van der Waals surface area contributed by atoms with E-state index >= 15 is 0 Å². The van der Waals surface area contributed by atoms with E-state index in [0.29, 0.717) is 13.1 Å². The molecule has 0 saturated carbocycles. The van der Waals surface area contributed by atoms with E-state index in [0.717, 1.165) is 10.0 Å². The minimum Gasteiger partial charge on any atom is -0.329 e. The molecule has 0 radical (unpaired) electrons. The molecule has 1 aromatic rings. The Hall–Kier alpha value is -0.450. The van der Waals surface area contributed by atoms with Crippen LogP contribution in [-0.2, 0) is 6.54 Å². The lowest BCUT2D eigenvalue weighted by atomic mass is 10.2. The highest BCUT2D eigenvalue weighted by Gasteiger charge is 2.01. The van der Waals surface area contributed by atoms with Gasteiger partial charge >= 0.3 is 0 Å². The molecule has 0 fully saturated rings. The third-order valence-corrected chi connectivity index (χ3v) is 2.39. The van der Waals surface area contributed by atoms with Crippen molar-refractivity contribution in [2.75, 3.05) is 6.54 Å². The molecule has 0 aromatic heterocycles. The average molecular weight is 261 g/mol. The molecule has 3 N–H and O–H groups in total. The summed E-state index contributed by atoms with van der Waals surface area (Å²) >= 11 is 3.24. The van der Waals surface area contributed by atoms with Gasteiger partial charge in [0.1, 0.15) is 5.82 Å². The third kappa shape index (κ3) is 3.74. The fourth-order valence-electron chi connectivity index (χ4n) is 1.09. The Balaban J connectivity index is 2.58. The van der Waals surface area contributed by atoms with Crippen LogP contribution in [0.5, 0.6) is 0 Å². The monoisotopic (exact) mass is 260 g/mol. The minimum absolute atomic E-state index is 0.225. The fourth-order valence-corrected chi connectivity index (χ4v) is 1.60. The van der Waals surface area contributed by atoms with Crippen LogP contribution in [0.1, 0.15) is 12.5 Å². The molecule has 1 rings (SSSR count). The zero-order chi connectivity index (χ0) is 10.6. The molecule has 1 aromatic carbocycles. The summed E-state index contributed by atoms with van der Waals surface area (Å²) in [4.78, 5) is 0. The van der Waals surface area contributed by atoms with E-state index in [1.54, 1.807) is 0 Å². The van der Waals surface area contributed by atoms with E-state index in [-0.39, 0.29) is 11.9 Å². The van der Waals surface area contributed by atoms with Gasteiger partial charge in [0.2, 0.25) is 0 Å². The second kappa shape index (κ2) is 5.44. The van der Waals surface area contributed by atoms with Gasteiger partial charge in [-0.2, -0.15) is 0 Å². The zero-order valence-corrected chi connectivity index (χ0v) is 9.64. The van der Waals surface area contributed by atoms with Crippen molar-refractivity contribution in [1.82, 2.24) is 5.32 Å². The SMILES string of the molecule is CC(CN)NCc1cc(F)cc(Br)c1. The molecule has 4 heteroatoms. The van der Waals surface area contributed by atoms with Crippen LogP contribution in [0.4, 0.5) is 4.39 Å². The smallest absolute Gasteiger partial charge is 0.124 e. The van der Waals surface area contributed by atoms with Crippen molar-refractivity contribution in [1.29, 1.82) is 0 Å². The number of nitrogens with one attached hydrogen (secondary N) is 1. The van der Waals surface area contributed by atoms with Crippen LogP contribution in [0.15, 0.2) is 22.7 Å². The molecule has 0 saturated heterocycles. The number of halogens is 2. The van der Waals surface area contributed by atoms with Crippen LogP contribution >= 0.6 is 15.9 Å². The maximum Gasteiger partial charge on any atom is 0.124 e. The van der Waals surface area contributed by atoms with Gasteiger partial charge in [0.15, 0.2) is 0 Å². The number of hydrogen-bond acceptors (Lipinski definition) is 2. The molecular formula is C10H14BrFN2. The number of benzene rings is 1. The van der Waals surface area contributed by atoms with Crippen LogP contribution in [0.2, 0.25) is 0 Å². The molecule has 0 heterocycles. The van der Waals surface area contributed by atoms with E-state index in [1.807, 2.05) is 13.0 Å². The Morgan fingerprint density at radius 1 is 1.50 bits per heavy atom. The minimum atomic E-state index is -0.225. The van der Waals surface area contributed by atoms with Gasteiger partial charge in [0, 0.05) is 23.6 Å². The van der Waals surface area contributed by atoms with Gasteiger partial charge in [-0.05, 0) is 30.7 Å². The Morgan fingerprint density at radius 2 is 2.21 bits per heavy atom. The first-order valence-corrected chi connectivity index (χ1v) is 5.29. The molecule has 0 bridgehead atoms. The van der Waals surface area contributed by atoms with Crippen molar-refractivity contribution < 1.29 is 4.39 Å². The molecule has 0 aliphatic carbocycles. The van der Waals surface area contributed by atoms with Crippen molar-refractivity contribution in [3.63, 3.8) is 0 Å². The van der Waals surface area contributed by atoms with E-state index in [2.05, 4.69) is 21.2 Å². The van der Waals surface area contributed by atoms with Crippen molar-refractivity contribution >= 4 is 15.9 Å². The van der Waals surface area contributed by atoms with Gasteiger partial charge in [-0.3, -0.25) is 0 Å². The Morgan fingerprint density at radius 3 is 2.79 bits per heavy atom. The summed E-state index contributed by atoms with van der Waals surface area (Å²) in [5.41, 5.74) is 6.36. The molecule has 78 valence electrons. The average Bonchev–Trinajstić information content (AvgIpc) is 2.12. The standard InChI is InChI=1S/C10H14BrFN2/c1-7(5-13)14-6-8-2-9(11)4-10(12)3-8/h2-4,7,14H,5-6,13H2,1H3. The highest BCUT2D eigenvalue weighted by atomic mass is 79.9. The normalized spacial score (nSPS) is 12.9. The third-order valence-electron chi connectivity index (χ3n) is 1.93. The molecule has 0 spiro atoms. The summed E-state index contributed by atoms with van der Waals surface area (Å²) in [6.45, 7) is 3.21. The van der Waals surface area contributed by atoms with Crippen molar-refractivity contribution in [2.45, 2.75) is 19.5 Å². The van der Waals surface area contributed by atoms with Crippen LogP contribution < -0.4 is 11.1 Å². The first kappa shape index (κ1) is 11.6. The summed E-state index contributed by atoms with van der Waals surface area (Å²) in [5.74, 6) is -0.225. The molecule has 2 nitrogen and oxygen atoms in total. The Bertz CT molecular complexity index is 284. The summed E-state index contributed by atoms with van der Waals surface area (Å²) < 4.78 is 13.7. The van der Waals surface area contributed by atoms with Crippen LogP contribution in [-0.4, -0.2) is 12.6 Å². The van der Waals surface area contributed by atoms with Gasteiger partial charge in [-0.1, -0.05) is 15.9 Å². The Labute approximate surface area is 91.8 Å². The number of hydrogen-bond donors (Lipinski definition) is 2. The Kier molecular flexibility index (Phi) is 4.51. The van der Waals surface area contributed by atoms with Gasteiger partial charge in [0.05, 0.1) is 0 Å². The molecule has 0 amide bonds. The van der Waals surface area contributed by atoms with E-state index < -0.39 is 0 Å². The van der Waals surface area contributed by atoms with E-state index in [4.69, 9.17) is 5.73 Å². The van der Waals surface area contributed by atoms with Crippen molar-refractivity contribution in [3.05, 3.63) is 34.1 Å². The molecule has 1 atom stereocenters. The predicted octanol–water partition coefficient (Wildman–Crippen LogP) is 2.03. The van der Waals surface area contributed by atoms with Gasteiger partial charge < -0.3 is 11.1 Å². The summed E-state index contributed by atoms with van der Waals surface area (Å²) in [5, 5.41) is 3.19. The van der Waals surface area contributed by atoms with Crippen LogP contribution in [0.25, 0.3) is 0 Å². The predicted molar refractivity (Wildman–Crippen MR) is 59.5 cm³/mol. The van der Waals surface area contributed by atoms with E-state index in [1.165, 1.54) is 12.1 Å². The van der Waals surface area contributed by atoms with Crippen LogP contribution in [0.3, 0.4) is 0 Å². The number of rotatable bonds is 4. The molecule has 0 aliphatic rings. The van der Waals surface area contributed by atoms with E-state index in [9.17, 15) is 4.39 Å². The van der Waals surface area contributed by atoms with Crippen molar-refractivity contribution in [3.8, 4) is 0 Å². The summed E-state index contributed by atoms with van der Waals surface area (Å²) in [6, 6.07) is 5.09. The highest BCUT2D eigenvalue weighted by molar-refractivity contribution is 9.10. The first-order valence-electron chi connectivity index (χ1n) is 4.50. The molecule has 1 unspecified atom stereocenters. The second-order valence-electron chi connectivity index (χ2n) is 3.30. The first-order chi connectivity index (χ1) is 6.61. The molecule has 14 heavy (non-hydrogen) atoms. The lowest BCUT2D eigenvalue weighted by Gasteiger charge is -2.11. The summed E-state index contributed by atoms with van der Waals surface area (Å²) in [7, 11) is 0. The van der Waals surface area contributed by atoms with Gasteiger partial charge in [-0.15, -0.1) is 0 Å². The largest absolute Gasteiger partial charge is 0.329 e. The van der Waals surface area contributed by atoms with Gasteiger partial charge in [0.25, 0.3) is 0 Å². The molecular weight excluding hydrogens is 247 g/mol. The zero-order valence-electron chi connectivity index (χ0n) is 8.06. The maximum atomic E-state index is 13.0. The quantitative estimate of drug-likeness (QED) is 0.870. The topological polar surface area (TPSA) is 38.0 Å². The van der Waals surface area contributed by atoms with Gasteiger partial charge in [-0.25, -0.2) is 4.39 Å². The lowest BCUT2D eigenvalue weighted by Crippen LogP contribution is -2.32. The van der Waals surface area contributed by atoms with Crippen LogP contribution in [0, 0.1) is 5.82 Å². The second-order valence-corrected chi connectivity index (χ2v) is 4.21. The maximum absolute atomic E-state index is 13.0.